The molecule has 2 rings (SSSR count). The second-order valence-corrected chi connectivity index (χ2v) is 7.06. The van der Waals surface area contributed by atoms with Crippen LogP contribution in [-0.2, 0) is 10.1 Å². The number of hydrogen-bond donors (Lipinski definition) is 1. The van der Waals surface area contributed by atoms with Crippen LogP contribution in [0.15, 0.2) is 60.5 Å². The molecule has 2 N–H and O–H groups in total. The van der Waals surface area contributed by atoms with Crippen LogP contribution in [0, 0.1) is 0 Å². The fourth-order valence-electron chi connectivity index (χ4n) is 1.42. The monoisotopic (exact) mass is 455 g/mol. The number of nitrogens with zero attached hydrogens (tertiary/aromatic N) is 2. The summed E-state index contributed by atoms with van der Waals surface area (Å²) in [6, 6.07) is 8.56. The average Bonchev–Trinajstić information content (AvgIpc) is 2.42. The van der Waals surface area contributed by atoms with Gasteiger partial charge in [0.2, 0.25) is 0 Å². The molecule has 0 radical (unpaired) electrons. The molecule has 0 amide bonds. The Hall–Kier alpha value is -0.290. The minimum atomic E-state index is -4.45. The molecule has 0 aliphatic carbocycles. The van der Waals surface area contributed by atoms with Crippen LogP contribution >= 0.6 is 31.9 Å². The summed E-state index contributed by atoms with van der Waals surface area (Å²) < 4.78 is 33.8. The standard InChI is InChI=1S/C12H9Br2N3O3S.Na/c13-10-5-8(6-11(14)12(10)15)17-16-7-1-3-9(4-2-7)21(18,19)20;/h1-6H,15H2,(H,18,19,20);/q;+1/p-1/b17-16+;. The summed E-state index contributed by atoms with van der Waals surface area (Å²) in [7, 11) is -4.45. The van der Waals surface area contributed by atoms with Crippen molar-refractivity contribution in [3.8, 4) is 0 Å². The molecular formula is C12H8Br2N3NaO3S. The number of hydrogen-bond acceptors (Lipinski definition) is 6. The molecule has 0 heterocycles. The Morgan fingerprint density at radius 2 is 1.41 bits per heavy atom. The van der Waals surface area contributed by atoms with E-state index in [9.17, 15) is 13.0 Å². The Morgan fingerprint density at radius 3 is 1.86 bits per heavy atom. The van der Waals surface area contributed by atoms with Crippen molar-refractivity contribution >= 4 is 59.0 Å². The number of anilines is 1. The Labute approximate surface area is 166 Å². The molecule has 10 heteroatoms. The van der Waals surface area contributed by atoms with Crippen molar-refractivity contribution in [2.75, 3.05) is 5.73 Å². The van der Waals surface area contributed by atoms with E-state index in [0.29, 0.717) is 26.0 Å². The molecule has 0 unspecified atom stereocenters. The third-order valence-corrected chi connectivity index (χ3v) is 4.63. The molecule has 2 aromatic rings. The molecule has 22 heavy (non-hydrogen) atoms. The van der Waals surface area contributed by atoms with Crippen molar-refractivity contribution in [2.45, 2.75) is 4.90 Å². The van der Waals surface area contributed by atoms with Crippen LogP contribution in [0.25, 0.3) is 0 Å². The number of halogens is 2. The largest absolute Gasteiger partial charge is 1.00 e. The maximum Gasteiger partial charge on any atom is 1.00 e. The molecule has 6 nitrogen and oxygen atoms in total. The zero-order valence-electron chi connectivity index (χ0n) is 11.3. The number of nitrogen functional groups attached to an aromatic ring is 1. The van der Waals surface area contributed by atoms with Crippen molar-refractivity contribution in [1.29, 1.82) is 0 Å². The smallest absolute Gasteiger partial charge is 0.744 e. The van der Waals surface area contributed by atoms with Gasteiger partial charge in [-0.25, -0.2) is 8.42 Å². The van der Waals surface area contributed by atoms with Gasteiger partial charge in [0.25, 0.3) is 0 Å². The van der Waals surface area contributed by atoms with Crippen LogP contribution < -0.4 is 35.3 Å². The number of benzene rings is 2. The van der Waals surface area contributed by atoms with Crippen LogP contribution in [0.4, 0.5) is 17.1 Å². The molecule has 0 bridgehead atoms. The first-order valence-electron chi connectivity index (χ1n) is 5.49. The maximum atomic E-state index is 10.8. The zero-order chi connectivity index (χ0) is 15.6. The van der Waals surface area contributed by atoms with Crippen LogP contribution in [-0.4, -0.2) is 13.0 Å². The van der Waals surface area contributed by atoms with Gasteiger partial charge in [0.1, 0.15) is 10.1 Å². The molecule has 0 saturated heterocycles. The number of azo groups is 1. The third kappa shape index (κ3) is 5.12. The number of rotatable bonds is 3. The predicted octanol–water partition coefficient (Wildman–Crippen LogP) is 1.12. The van der Waals surface area contributed by atoms with Gasteiger partial charge in [-0.3, -0.25) is 0 Å². The van der Waals surface area contributed by atoms with Crippen LogP contribution in [0.5, 0.6) is 0 Å². The quantitative estimate of drug-likeness (QED) is 0.323. The molecule has 0 aliphatic heterocycles. The molecule has 0 aromatic heterocycles. The Kier molecular flexibility index (Phi) is 7.19. The van der Waals surface area contributed by atoms with Crippen molar-refractivity contribution in [1.82, 2.24) is 0 Å². The van der Waals surface area contributed by atoms with E-state index in [4.69, 9.17) is 5.73 Å². The maximum absolute atomic E-state index is 10.8. The predicted molar refractivity (Wildman–Crippen MR) is 84.8 cm³/mol. The molecule has 0 fully saturated rings. The van der Waals surface area contributed by atoms with Crippen LogP contribution in [0.2, 0.25) is 0 Å². The third-order valence-electron chi connectivity index (χ3n) is 2.47. The van der Waals surface area contributed by atoms with Gasteiger partial charge in [-0.1, -0.05) is 0 Å². The summed E-state index contributed by atoms with van der Waals surface area (Å²) in [5.41, 5.74) is 7.30. The Balaban J connectivity index is 0.00000242. The molecule has 2 aromatic carbocycles. The molecule has 0 spiro atoms. The summed E-state index contributed by atoms with van der Waals surface area (Å²) in [5.74, 6) is 0. The molecule has 110 valence electrons. The van der Waals surface area contributed by atoms with Gasteiger partial charge >= 0.3 is 29.6 Å². The van der Waals surface area contributed by atoms with Gasteiger partial charge in [-0.05, 0) is 68.3 Å². The van der Waals surface area contributed by atoms with Crippen molar-refractivity contribution in [3.63, 3.8) is 0 Å². The fraction of sp³-hybridized carbons (Fsp3) is 0. The normalized spacial score (nSPS) is 11.4. The van der Waals surface area contributed by atoms with E-state index in [1.165, 1.54) is 24.3 Å². The first kappa shape index (κ1) is 19.8. The topological polar surface area (TPSA) is 108 Å². The first-order chi connectivity index (χ1) is 9.77. The summed E-state index contributed by atoms with van der Waals surface area (Å²) in [4.78, 5) is -0.306. The summed E-state index contributed by atoms with van der Waals surface area (Å²) >= 11 is 6.59. The van der Waals surface area contributed by atoms with Gasteiger partial charge in [0.15, 0.2) is 0 Å². The second-order valence-electron chi connectivity index (χ2n) is 3.97. The van der Waals surface area contributed by atoms with Gasteiger partial charge in [0, 0.05) is 8.95 Å². The SMILES string of the molecule is Nc1c(Br)cc(/N=N/c2ccc(S(=O)(=O)[O-])cc2)cc1Br.[Na+]. The molecule has 0 saturated carbocycles. The second kappa shape index (κ2) is 8.00. The van der Waals surface area contributed by atoms with E-state index >= 15 is 0 Å². The van der Waals surface area contributed by atoms with E-state index in [-0.39, 0.29) is 34.5 Å². The van der Waals surface area contributed by atoms with Gasteiger partial charge in [-0.15, -0.1) is 0 Å². The van der Waals surface area contributed by atoms with Gasteiger partial charge < -0.3 is 10.3 Å². The molecule has 0 atom stereocenters. The van der Waals surface area contributed by atoms with Crippen LogP contribution in [0.1, 0.15) is 0 Å². The van der Waals surface area contributed by atoms with E-state index in [1.807, 2.05) is 0 Å². The Morgan fingerprint density at radius 1 is 0.955 bits per heavy atom. The fourth-order valence-corrected chi connectivity index (χ4v) is 3.06. The van der Waals surface area contributed by atoms with Gasteiger partial charge in [-0.2, -0.15) is 10.2 Å². The van der Waals surface area contributed by atoms with E-state index in [0.717, 1.165) is 0 Å². The summed E-state index contributed by atoms with van der Waals surface area (Å²) in [6.07, 6.45) is 0. The molecular weight excluding hydrogens is 449 g/mol. The van der Waals surface area contributed by atoms with Crippen molar-refractivity contribution in [2.24, 2.45) is 10.2 Å². The Bertz CT molecular complexity index is 788. The average molecular weight is 457 g/mol. The van der Waals surface area contributed by atoms with E-state index < -0.39 is 10.1 Å². The summed E-state index contributed by atoms with van der Waals surface area (Å²) in [6.45, 7) is 0. The zero-order valence-corrected chi connectivity index (χ0v) is 17.3. The first-order valence-corrected chi connectivity index (χ1v) is 8.49. The van der Waals surface area contributed by atoms with E-state index in [1.54, 1.807) is 12.1 Å². The van der Waals surface area contributed by atoms with E-state index in [2.05, 4.69) is 42.1 Å². The molecule has 0 aliphatic rings. The van der Waals surface area contributed by atoms with Crippen LogP contribution in [0.3, 0.4) is 0 Å². The minimum Gasteiger partial charge on any atom is -0.744 e. The number of nitrogens with two attached hydrogens (primary N) is 1. The summed E-state index contributed by atoms with van der Waals surface area (Å²) in [5, 5.41) is 7.97. The van der Waals surface area contributed by atoms with Crippen molar-refractivity contribution < 1.29 is 42.5 Å². The van der Waals surface area contributed by atoms with Gasteiger partial charge in [0.05, 0.1) is 22.0 Å². The minimum absolute atomic E-state index is 0. The van der Waals surface area contributed by atoms with Crippen molar-refractivity contribution in [3.05, 3.63) is 45.3 Å².